The first-order chi connectivity index (χ1) is 46.1. The van der Waals surface area contributed by atoms with Crippen LogP contribution in [0.2, 0.25) is 0 Å². The van der Waals surface area contributed by atoms with Crippen LogP contribution in [-0.2, 0) is 80.2 Å². The molecule has 1 unspecified atom stereocenters. The molecule has 0 radical (unpaired) electrons. The van der Waals surface area contributed by atoms with E-state index in [9.17, 15) is 48.6 Å². The van der Waals surface area contributed by atoms with Crippen molar-refractivity contribution in [2.45, 2.75) is 152 Å². The van der Waals surface area contributed by atoms with Crippen molar-refractivity contribution >= 4 is 75.9 Å². The molecule has 2 fully saturated rings. The van der Waals surface area contributed by atoms with E-state index in [2.05, 4.69) is 72.8 Å². The number of aliphatic hydroxyl groups excluding tert-OH is 1. The van der Waals surface area contributed by atoms with Crippen LogP contribution in [0.5, 0.6) is 5.75 Å². The zero-order valence-corrected chi connectivity index (χ0v) is 53.8. The highest BCUT2D eigenvalue weighted by Gasteiger charge is 2.40. The molecule has 2 saturated heterocycles. The predicted molar refractivity (Wildman–Crippen MR) is 352 cm³/mol. The normalized spacial score (nSPS) is 16.6. The predicted octanol–water partition coefficient (Wildman–Crippen LogP) is -0.997. The summed E-state index contributed by atoms with van der Waals surface area (Å²) in [4.78, 5) is 162. The molecule has 0 bridgehead atoms. The lowest BCUT2D eigenvalue weighted by atomic mass is 10.0. The van der Waals surface area contributed by atoms with E-state index < -0.39 is 108 Å². The second kappa shape index (κ2) is 34.5. The first kappa shape index (κ1) is 71.2. The Morgan fingerprint density at radius 2 is 1.32 bits per heavy atom. The van der Waals surface area contributed by atoms with Gasteiger partial charge in [0.2, 0.25) is 59.1 Å². The van der Waals surface area contributed by atoms with Crippen molar-refractivity contribution in [1.29, 1.82) is 0 Å². The summed E-state index contributed by atoms with van der Waals surface area (Å²) in [7, 11) is 0. The number of amides is 10. The van der Waals surface area contributed by atoms with Gasteiger partial charge in [0.25, 0.3) is 0 Å². The number of guanidine groups is 1. The van der Waals surface area contributed by atoms with Gasteiger partial charge in [-0.2, -0.15) is 0 Å². The summed E-state index contributed by atoms with van der Waals surface area (Å²) in [6.45, 7) is 5.50. The van der Waals surface area contributed by atoms with E-state index >= 15 is 9.59 Å². The van der Waals surface area contributed by atoms with Gasteiger partial charge in [-0.1, -0.05) is 74.5 Å². The van der Waals surface area contributed by atoms with Crippen LogP contribution in [0, 0.1) is 5.92 Å². The fourth-order valence-electron chi connectivity index (χ4n) is 11.6. The van der Waals surface area contributed by atoms with E-state index in [1.807, 2.05) is 50.2 Å². The van der Waals surface area contributed by atoms with Crippen LogP contribution in [0.4, 0.5) is 0 Å². The molecule has 3 aromatic heterocycles. The number of H-pyrrole nitrogens is 2. The summed E-state index contributed by atoms with van der Waals surface area (Å²) in [5, 5.41) is 46.3. The average molecular weight is 1320 g/mol. The maximum atomic E-state index is 15.1. The molecule has 2 aliphatic heterocycles. The molecule has 30 nitrogen and oxygen atoms in total. The Bertz CT molecular complexity index is 3680. The van der Waals surface area contributed by atoms with Crippen molar-refractivity contribution in [3.8, 4) is 5.75 Å². The number of aliphatic imine (C=N–C) groups is 1. The zero-order valence-electron chi connectivity index (χ0n) is 53.8. The summed E-state index contributed by atoms with van der Waals surface area (Å²) in [6.07, 6.45) is 8.49. The maximum absolute atomic E-state index is 15.1. The number of imidazole rings is 2. The molecule has 512 valence electrons. The molecule has 6 aromatic rings. The van der Waals surface area contributed by atoms with Crippen LogP contribution in [0.15, 0.2) is 115 Å². The average Bonchev–Trinajstić information content (AvgIpc) is 1.65. The number of nitrogens with one attached hydrogen (secondary N) is 11. The number of nitrogens with two attached hydrogens (primary N) is 2. The van der Waals surface area contributed by atoms with E-state index in [-0.39, 0.29) is 100 Å². The molecule has 30 heteroatoms. The molecule has 5 heterocycles. The lowest BCUT2D eigenvalue weighted by molar-refractivity contribution is -0.142. The Kier molecular flexibility index (Phi) is 25.6. The third kappa shape index (κ3) is 20.4. The Hall–Kier alpha value is -10.7. The number of hydrogen-bond acceptors (Lipinski definition) is 15. The van der Waals surface area contributed by atoms with E-state index in [0.29, 0.717) is 59.3 Å². The van der Waals surface area contributed by atoms with Gasteiger partial charge in [0.15, 0.2) is 5.96 Å². The zero-order chi connectivity index (χ0) is 68.8. The number of likely N-dealkylation sites (tertiary alicyclic amines) is 1. The van der Waals surface area contributed by atoms with Crippen LogP contribution in [0.25, 0.3) is 10.9 Å². The highest BCUT2D eigenvalue weighted by atomic mass is 16.3. The number of phenolic OH excluding ortho intramolecular Hbond substituents is 1. The molecule has 17 N–H and O–H groups in total. The molecule has 8 rings (SSSR count). The van der Waals surface area contributed by atoms with Crippen LogP contribution in [0.1, 0.15) is 93.8 Å². The van der Waals surface area contributed by atoms with Crippen molar-refractivity contribution in [2.75, 3.05) is 26.2 Å². The number of para-hydroxylation sites is 1. The van der Waals surface area contributed by atoms with Gasteiger partial charge < -0.3 is 89.0 Å². The molecule has 0 spiro atoms. The smallest absolute Gasteiger partial charge is 0.245 e. The number of likely N-dealkylation sites (N-methyl/N-ethyl adjacent to an activating group) is 1. The van der Waals surface area contributed by atoms with E-state index in [4.69, 9.17) is 11.5 Å². The highest BCUT2D eigenvalue weighted by Crippen LogP contribution is 2.23. The number of carbonyl (C=O) groups excluding carboxylic acids is 10. The summed E-state index contributed by atoms with van der Waals surface area (Å²) in [6, 6.07) is 10.5. The quantitative estimate of drug-likeness (QED) is 0.0131. The Morgan fingerprint density at radius 3 is 1.97 bits per heavy atom. The summed E-state index contributed by atoms with van der Waals surface area (Å²) in [5.41, 5.74) is 14.6. The minimum Gasteiger partial charge on any atom is -0.508 e. The number of carbonyl (C=O) groups is 10. The number of aliphatic hydroxyl groups is 1. The maximum Gasteiger partial charge on any atom is 0.245 e. The molecule has 10 amide bonds. The van der Waals surface area contributed by atoms with Gasteiger partial charge in [0.05, 0.1) is 25.0 Å². The number of phenols is 1. The van der Waals surface area contributed by atoms with Gasteiger partial charge >= 0.3 is 0 Å². The van der Waals surface area contributed by atoms with Crippen molar-refractivity contribution < 1.29 is 58.2 Å². The minimum atomic E-state index is -1.79. The largest absolute Gasteiger partial charge is 0.508 e. The van der Waals surface area contributed by atoms with Crippen LogP contribution in [0.3, 0.4) is 0 Å². The molecule has 96 heavy (non-hydrogen) atoms. The Labute approximate surface area is 554 Å². The first-order valence-electron chi connectivity index (χ1n) is 32.2. The summed E-state index contributed by atoms with van der Waals surface area (Å²) < 4.78 is 1.78. The number of aromatic hydroxyl groups is 1. The second-order valence-corrected chi connectivity index (χ2v) is 24.4. The van der Waals surface area contributed by atoms with Gasteiger partial charge in [-0.25, -0.2) is 9.97 Å². The van der Waals surface area contributed by atoms with Gasteiger partial charge in [-0.05, 0) is 86.3 Å². The number of aromatic amines is 2. The van der Waals surface area contributed by atoms with Gasteiger partial charge in [-0.3, -0.25) is 52.9 Å². The van der Waals surface area contributed by atoms with Gasteiger partial charge in [0.1, 0.15) is 60.1 Å². The summed E-state index contributed by atoms with van der Waals surface area (Å²) >= 11 is 0. The summed E-state index contributed by atoms with van der Waals surface area (Å²) in [5.74, 6) is -7.72. The van der Waals surface area contributed by atoms with E-state index in [1.54, 1.807) is 48.4 Å². The van der Waals surface area contributed by atoms with Crippen LogP contribution >= 0.6 is 0 Å². The molecule has 0 saturated carbocycles. The third-order valence-corrected chi connectivity index (χ3v) is 16.5. The number of hydrogen-bond donors (Lipinski definition) is 15. The second-order valence-electron chi connectivity index (χ2n) is 24.4. The minimum absolute atomic E-state index is 0.0495. The molecule has 9 atom stereocenters. The lowest BCUT2D eigenvalue weighted by Crippen LogP contribution is -2.61. The SMILES string of the molecule is CCNC(=O)[C@@H]1CCCN1C(=O)[C@H](CCCN=C(N)N)NC(=O)[C@H](CC(C)C)NC(=O)[C@@H](Cc1cn(Cc2ccccc2)cn1)NC(=O)[C@H](Cc1ccc(O)cc1)NC(=O)[C@H](CO)NC(=O)C(Cc1c[nH]c2ccccc12)NC(=O)[C@H](Cc1cnc[nH]1)NC(=O)[C@@H]1CCC(=O)N1. The number of nitrogens with zero attached hydrogens (tertiary/aromatic N) is 5. The van der Waals surface area contributed by atoms with Crippen molar-refractivity contribution in [3.05, 3.63) is 138 Å². The van der Waals surface area contributed by atoms with Crippen LogP contribution in [-0.4, -0.2) is 185 Å². The lowest BCUT2D eigenvalue weighted by Gasteiger charge is -2.30. The number of fused-ring (bicyclic) bond motifs is 1. The van der Waals surface area contributed by atoms with Gasteiger partial charge in [-0.15, -0.1) is 0 Å². The van der Waals surface area contributed by atoms with E-state index in [0.717, 1.165) is 5.56 Å². The van der Waals surface area contributed by atoms with Crippen LogP contribution < -0.4 is 59.3 Å². The number of aromatic nitrogens is 5. The van der Waals surface area contributed by atoms with Crippen molar-refractivity contribution in [1.82, 2.24) is 77.3 Å². The molecule has 2 aliphatic rings. The van der Waals surface area contributed by atoms with Crippen molar-refractivity contribution in [3.63, 3.8) is 0 Å². The van der Waals surface area contributed by atoms with E-state index in [1.165, 1.54) is 41.7 Å². The molecule has 3 aromatic carbocycles. The molecular formula is C66H86N18O12. The third-order valence-electron chi connectivity index (χ3n) is 16.5. The van der Waals surface area contributed by atoms with Gasteiger partial charge in [0, 0.05) is 93.5 Å². The first-order valence-corrected chi connectivity index (χ1v) is 32.2. The molecular weight excluding hydrogens is 1240 g/mol. The fraction of sp³-hybridized carbons (Fsp3) is 0.439. The molecule has 0 aliphatic carbocycles. The standard InChI is InChI=1S/C66H86N18O12/c1-4-70-64(95)55-17-11-25-84(55)65(96)48(16-10-24-71-66(67)68)76-58(89)49(26-38(2)3)77-62(93)53(30-43-34-83(37-74-43)33-40-12-6-5-7-13-40)81-59(90)50(27-39-18-20-44(86)21-19-39)78-63(94)54(35-85)82-60(91)51(28-41-31-72-46-15-9-8-14-45(41)46)79-61(92)52(29-42-32-69-36-73-42)80-57(88)47-22-23-56(87)75-47/h5-9,12-15,18-21,31-32,34,36-38,47-55,72,85-86H,4,10-11,16-17,22-30,33,35H2,1-3H3,(H,69,73)(H,70,95)(H,75,87)(H,76,89)(H,77,93)(H,78,94)(H,79,92)(H,80,88)(H,81,90)(H,82,91)(H4,67,68,71)/t47-,48-,49-,50-,51?,52-,53+,54-,55-/m0/s1. The Morgan fingerprint density at radius 1 is 0.698 bits per heavy atom. The highest BCUT2D eigenvalue weighted by molar-refractivity contribution is 5.99. The number of rotatable bonds is 34. The fourth-order valence-corrected chi connectivity index (χ4v) is 11.6. The number of benzene rings is 3. The monoisotopic (exact) mass is 1320 g/mol. The topological polar surface area (TPSA) is 449 Å². The Balaban J connectivity index is 1.06. The van der Waals surface area contributed by atoms with Crippen molar-refractivity contribution in [2.24, 2.45) is 22.4 Å².